The second-order valence-electron chi connectivity index (χ2n) is 4.39. The monoisotopic (exact) mass is 286 g/mol. The Morgan fingerprint density at radius 2 is 2.17 bits per heavy atom. The molecule has 18 heavy (non-hydrogen) atoms. The first-order valence-corrected chi connectivity index (χ1v) is 8.55. The van der Waals surface area contributed by atoms with E-state index in [4.69, 9.17) is 0 Å². The maximum absolute atomic E-state index is 11.9. The predicted octanol–water partition coefficient (Wildman–Crippen LogP) is 1.82. The number of aryl methyl sites for hydroxylation is 1. The third kappa shape index (κ3) is 2.99. The Hall–Kier alpha value is -0.720. The molecule has 0 radical (unpaired) electrons. The second-order valence-corrected chi connectivity index (χ2v) is 7.40. The maximum atomic E-state index is 11.9. The van der Waals surface area contributed by atoms with Crippen molar-refractivity contribution in [3.8, 4) is 0 Å². The lowest BCUT2D eigenvalue weighted by Gasteiger charge is -2.15. The van der Waals surface area contributed by atoms with E-state index in [-0.39, 0.29) is 0 Å². The SMILES string of the molecule is CNS(=O)(=O)c1cc(NC2CCSC2)ccc1C. The average molecular weight is 286 g/mol. The van der Waals surface area contributed by atoms with Crippen molar-refractivity contribution in [1.82, 2.24) is 4.72 Å². The molecule has 1 aliphatic heterocycles. The molecule has 2 N–H and O–H groups in total. The topological polar surface area (TPSA) is 58.2 Å². The van der Waals surface area contributed by atoms with E-state index in [0.717, 1.165) is 23.4 Å². The first-order chi connectivity index (χ1) is 8.53. The third-order valence-electron chi connectivity index (χ3n) is 3.05. The number of thioether (sulfide) groups is 1. The highest BCUT2D eigenvalue weighted by molar-refractivity contribution is 7.99. The van der Waals surface area contributed by atoms with Gasteiger partial charge in [0.05, 0.1) is 4.90 Å². The molecule has 0 aromatic heterocycles. The minimum Gasteiger partial charge on any atom is -0.381 e. The molecule has 1 aromatic carbocycles. The first kappa shape index (κ1) is 13.7. The quantitative estimate of drug-likeness (QED) is 0.886. The summed E-state index contributed by atoms with van der Waals surface area (Å²) >= 11 is 1.93. The average Bonchev–Trinajstić information content (AvgIpc) is 2.84. The summed E-state index contributed by atoms with van der Waals surface area (Å²) in [5, 5.41) is 3.39. The molecule has 1 unspecified atom stereocenters. The van der Waals surface area contributed by atoms with E-state index in [0.29, 0.717) is 10.9 Å². The molecular weight excluding hydrogens is 268 g/mol. The molecule has 1 aliphatic rings. The molecule has 1 fully saturated rings. The molecular formula is C12H18N2O2S2. The predicted molar refractivity (Wildman–Crippen MR) is 76.8 cm³/mol. The van der Waals surface area contributed by atoms with Crippen LogP contribution in [0.25, 0.3) is 0 Å². The van der Waals surface area contributed by atoms with Crippen LogP contribution in [0.2, 0.25) is 0 Å². The maximum Gasteiger partial charge on any atom is 0.240 e. The molecule has 1 atom stereocenters. The van der Waals surface area contributed by atoms with Gasteiger partial charge in [0.2, 0.25) is 10.0 Å². The number of sulfonamides is 1. The van der Waals surface area contributed by atoms with Gasteiger partial charge < -0.3 is 5.32 Å². The summed E-state index contributed by atoms with van der Waals surface area (Å²) < 4.78 is 26.1. The van der Waals surface area contributed by atoms with Crippen LogP contribution in [-0.4, -0.2) is 33.0 Å². The van der Waals surface area contributed by atoms with Crippen molar-refractivity contribution in [2.75, 3.05) is 23.9 Å². The van der Waals surface area contributed by atoms with Crippen molar-refractivity contribution in [3.63, 3.8) is 0 Å². The van der Waals surface area contributed by atoms with Crippen molar-refractivity contribution in [1.29, 1.82) is 0 Å². The number of hydrogen-bond donors (Lipinski definition) is 2. The summed E-state index contributed by atoms with van der Waals surface area (Å²) in [6.07, 6.45) is 1.13. The summed E-state index contributed by atoms with van der Waals surface area (Å²) in [5.41, 5.74) is 1.64. The standard InChI is InChI=1S/C12H18N2O2S2/c1-9-3-4-10(14-11-5-6-17-8-11)7-12(9)18(15,16)13-2/h3-4,7,11,13-14H,5-6,8H2,1-2H3. The van der Waals surface area contributed by atoms with Crippen molar-refractivity contribution in [2.45, 2.75) is 24.3 Å². The van der Waals surface area contributed by atoms with E-state index in [2.05, 4.69) is 10.0 Å². The van der Waals surface area contributed by atoms with E-state index in [1.165, 1.54) is 12.8 Å². The van der Waals surface area contributed by atoms with Crippen LogP contribution in [0, 0.1) is 6.92 Å². The summed E-state index contributed by atoms with van der Waals surface area (Å²) in [7, 11) is -1.95. The number of rotatable bonds is 4. The van der Waals surface area contributed by atoms with Crippen molar-refractivity contribution in [2.24, 2.45) is 0 Å². The van der Waals surface area contributed by atoms with Gasteiger partial charge in [0, 0.05) is 17.5 Å². The molecule has 1 heterocycles. The van der Waals surface area contributed by atoms with Crippen molar-refractivity contribution < 1.29 is 8.42 Å². The molecule has 1 aromatic rings. The van der Waals surface area contributed by atoms with Crippen LogP contribution in [0.1, 0.15) is 12.0 Å². The lowest BCUT2D eigenvalue weighted by molar-refractivity contribution is 0.587. The van der Waals surface area contributed by atoms with Gasteiger partial charge >= 0.3 is 0 Å². The van der Waals surface area contributed by atoms with E-state index < -0.39 is 10.0 Å². The first-order valence-electron chi connectivity index (χ1n) is 5.91. The van der Waals surface area contributed by atoms with Gasteiger partial charge in [0.25, 0.3) is 0 Å². The zero-order valence-electron chi connectivity index (χ0n) is 10.6. The van der Waals surface area contributed by atoms with E-state index in [9.17, 15) is 8.42 Å². The van der Waals surface area contributed by atoms with Crippen LogP contribution in [0.4, 0.5) is 5.69 Å². The molecule has 0 saturated carbocycles. The second kappa shape index (κ2) is 5.50. The summed E-state index contributed by atoms with van der Waals surface area (Å²) in [6, 6.07) is 5.94. The van der Waals surface area contributed by atoms with Crippen LogP contribution in [-0.2, 0) is 10.0 Å². The van der Waals surface area contributed by atoms with Gasteiger partial charge in [-0.15, -0.1) is 0 Å². The Labute approximate surface area is 113 Å². The van der Waals surface area contributed by atoms with Gasteiger partial charge in [-0.25, -0.2) is 13.1 Å². The lowest BCUT2D eigenvalue weighted by atomic mass is 10.2. The Morgan fingerprint density at radius 1 is 1.39 bits per heavy atom. The van der Waals surface area contributed by atoms with E-state index in [1.54, 1.807) is 13.0 Å². The van der Waals surface area contributed by atoms with Crippen LogP contribution >= 0.6 is 11.8 Å². The molecule has 2 rings (SSSR count). The fraction of sp³-hybridized carbons (Fsp3) is 0.500. The third-order valence-corrected chi connectivity index (χ3v) is 5.77. The smallest absolute Gasteiger partial charge is 0.240 e. The molecule has 6 heteroatoms. The number of benzene rings is 1. The highest BCUT2D eigenvalue weighted by Gasteiger charge is 2.18. The fourth-order valence-corrected chi connectivity index (χ4v) is 4.12. The number of hydrogen-bond acceptors (Lipinski definition) is 4. The molecule has 0 aliphatic carbocycles. The van der Waals surface area contributed by atoms with Gasteiger partial charge in [-0.3, -0.25) is 0 Å². The minimum absolute atomic E-state index is 0.348. The largest absolute Gasteiger partial charge is 0.381 e. The van der Waals surface area contributed by atoms with Crippen LogP contribution < -0.4 is 10.0 Å². The normalized spacial score (nSPS) is 20.0. The Morgan fingerprint density at radius 3 is 2.78 bits per heavy atom. The number of nitrogens with one attached hydrogen (secondary N) is 2. The summed E-state index contributed by atoms with van der Waals surface area (Å²) in [6.45, 7) is 1.80. The van der Waals surface area contributed by atoms with Gasteiger partial charge in [-0.1, -0.05) is 6.07 Å². The Bertz CT molecular complexity index is 523. The van der Waals surface area contributed by atoms with Gasteiger partial charge in [-0.05, 0) is 43.8 Å². The molecule has 1 saturated heterocycles. The molecule has 4 nitrogen and oxygen atoms in total. The molecule has 100 valence electrons. The zero-order valence-corrected chi connectivity index (χ0v) is 12.2. The van der Waals surface area contributed by atoms with Gasteiger partial charge in [-0.2, -0.15) is 11.8 Å². The molecule has 0 amide bonds. The van der Waals surface area contributed by atoms with E-state index >= 15 is 0 Å². The fourth-order valence-electron chi connectivity index (χ4n) is 1.97. The van der Waals surface area contributed by atoms with Crippen LogP contribution in [0.15, 0.2) is 23.1 Å². The lowest BCUT2D eigenvalue weighted by Crippen LogP contribution is -2.21. The Kier molecular flexibility index (Phi) is 4.19. The molecule has 0 spiro atoms. The molecule has 0 bridgehead atoms. The van der Waals surface area contributed by atoms with Gasteiger partial charge in [0.1, 0.15) is 0 Å². The van der Waals surface area contributed by atoms with Crippen LogP contribution in [0.3, 0.4) is 0 Å². The minimum atomic E-state index is -3.38. The number of anilines is 1. The summed E-state index contributed by atoms with van der Waals surface area (Å²) in [4.78, 5) is 0.348. The summed E-state index contributed by atoms with van der Waals surface area (Å²) in [5.74, 6) is 2.26. The van der Waals surface area contributed by atoms with Crippen molar-refractivity contribution >= 4 is 27.5 Å². The van der Waals surface area contributed by atoms with Crippen LogP contribution in [0.5, 0.6) is 0 Å². The zero-order chi connectivity index (χ0) is 13.2. The highest BCUT2D eigenvalue weighted by Crippen LogP contribution is 2.24. The van der Waals surface area contributed by atoms with Gasteiger partial charge in [0.15, 0.2) is 0 Å². The Balaban J connectivity index is 2.26. The van der Waals surface area contributed by atoms with Crippen molar-refractivity contribution in [3.05, 3.63) is 23.8 Å². The van der Waals surface area contributed by atoms with E-state index in [1.807, 2.05) is 23.9 Å². The highest BCUT2D eigenvalue weighted by atomic mass is 32.2.